The number of hydrogen-bond donors (Lipinski definition) is 0. The van der Waals surface area contributed by atoms with Crippen molar-refractivity contribution in [3.05, 3.63) is 89.5 Å². The van der Waals surface area contributed by atoms with Gasteiger partial charge in [-0.1, -0.05) is 53.1 Å². The van der Waals surface area contributed by atoms with Gasteiger partial charge >= 0.3 is 0 Å². The summed E-state index contributed by atoms with van der Waals surface area (Å²) in [7, 11) is -14.5. The van der Waals surface area contributed by atoms with E-state index < -0.39 is 33.4 Å². The molecule has 0 N–H and O–H groups in total. The molecule has 3 aromatic rings. The molecule has 0 aliphatic heterocycles. The zero-order valence-electron chi connectivity index (χ0n) is 17.2. The van der Waals surface area contributed by atoms with Crippen LogP contribution in [0, 0.1) is 20.8 Å². The van der Waals surface area contributed by atoms with Crippen molar-refractivity contribution in [1.29, 1.82) is 0 Å². The molecule has 0 atom stereocenters. The molecular weight excluding hydrogens is 456 g/mol. The second-order valence-corrected chi connectivity index (χ2v) is 14.4. The zero-order valence-corrected chi connectivity index (χ0v) is 19.6. The van der Waals surface area contributed by atoms with E-state index >= 15 is 0 Å². The van der Waals surface area contributed by atoms with E-state index in [0.717, 1.165) is 16.7 Å². The molecular formula is C22H22O6S3. The predicted octanol–water partition coefficient (Wildman–Crippen LogP) is 3.62. The van der Waals surface area contributed by atoms with Crippen LogP contribution in [0.25, 0.3) is 0 Å². The van der Waals surface area contributed by atoms with Crippen LogP contribution in [0.15, 0.2) is 87.5 Å². The van der Waals surface area contributed by atoms with Gasteiger partial charge in [0.1, 0.15) is 0 Å². The van der Waals surface area contributed by atoms with E-state index in [4.69, 9.17) is 0 Å². The van der Waals surface area contributed by atoms with Gasteiger partial charge < -0.3 is 0 Å². The Bertz CT molecular complexity index is 1220. The molecule has 0 saturated heterocycles. The lowest BCUT2D eigenvalue weighted by Gasteiger charge is -2.19. The molecule has 0 saturated carbocycles. The van der Waals surface area contributed by atoms with Gasteiger partial charge in [0.05, 0.1) is 14.7 Å². The molecule has 0 aliphatic carbocycles. The van der Waals surface area contributed by atoms with E-state index in [1.807, 2.05) is 0 Å². The third-order valence-corrected chi connectivity index (χ3v) is 13.7. The smallest absolute Gasteiger partial charge is 0.221 e. The van der Waals surface area contributed by atoms with Crippen LogP contribution in [-0.4, -0.2) is 29.2 Å². The number of rotatable bonds is 6. The first-order chi connectivity index (χ1) is 14.4. The van der Waals surface area contributed by atoms with E-state index in [1.165, 1.54) is 72.8 Å². The van der Waals surface area contributed by atoms with Gasteiger partial charge in [-0.15, -0.1) is 0 Å². The third kappa shape index (κ3) is 4.44. The molecule has 3 aromatic carbocycles. The Balaban J connectivity index is 2.32. The molecule has 0 unspecified atom stereocenters. The Hall–Kier alpha value is -2.49. The zero-order chi connectivity index (χ0) is 23.0. The highest BCUT2D eigenvalue weighted by Gasteiger charge is 2.50. The fourth-order valence-corrected chi connectivity index (χ4v) is 11.2. The normalized spacial score (nSPS) is 12.8. The second-order valence-electron chi connectivity index (χ2n) is 7.36. The van der Waals surface area contributed by atoms with Crippen molar-refractivity contribution in [1.82, 2.24) is 0 Å². The number of sulfone groups is 3. The van der Waals surface area contributed by atoms with E-state index in [2.05, 4.69) is 0 Å². The molecule has 0 fully saturated rings. The summed E-state index contributed by atoms with van der Waals surface area (Å²) in [6, 6.07) is 16.2. The minimum atomic E-state index is -4.83. The summed E-state index contributed by atoms with van der Waals surface area (Å²) in [5.41, 5.74) is 2.25. The maximum absolute atomic E-state index is 13.5. The molecule has 164 valence electrons. The summed E-state index contributed by atoms with van der Waals surface area (Å²) in [5.74, 6) is 0. The monoisotopic (exact) mass is 478 g/mol. The van der Waals surface area contributed by atoms with Gasteiger partial charge in [-0.05, 0) is 57.2 Å². The minimum Gasteiger partial charge on any atom is -0.221 e. The fraction of sp³-hybridized carbons (Fsp3) is 0.182. The van der Waals surface area contributed by atoms with E-state index in [9.17, 15) is 25.3 Å². The molecule has 9 heteroatoms. The van der Waals surface area contributed by atoms with Crippen LogP contribution in [0.1, 0.15) is 16.7 Å². The molecule has 3 rings (SSSR count). The number of hydrogen-bond acceptors (Lipinski definition) is 6. The molecule has 0 aliphatic rings. The first-order valence-corrected chi connectivity index (χ1v) is 13.9. The summed E-state index contributed by atoms with van der Waals surface area (Å²) in [5, 5.41) is 0. The highest BCUT2D eigenvalue weighted by molar-refractivity contribution is 8.24. The Labute approximate surface area is 183 Å². The first kappa shape index (κ1) is 23.2. The van der Waals surface area contributed by atoms with Gasteiger partial charge in [-0.2, -0.15) is 0 Å². The van der Waals surface area contributed by atoms with Crippen LogP contribution in [0.3, 0.4) is 0 Å². The lowest BCUT2D eigenvalue weighted by Crippen LogP contribution is -2.38. The van der Waals surface area contributed by atoms with Crippen LogP contribution in [-0.2, 0) is 29.5 Å². The molecule has 0 radical (unpaired) electrons. The van der Waals surface area contributed by atoms with Gasteiger partial charge in [-0.25, -0.2) is 25.3 Å². The van der Waals surface area contributed by atoms with Crippen LogP contribution in [0.4, 0.5) is 0 Å². The topological polar surface area (TPSA) is 102 Å². The number of benzene rings is 3. The highest BCUT2D eigenvalue weighted by atomic mass is 32.3. The van der Waals surface area contributed by atoms with Gasteiger partial charge in [0.2, 0.25) is 29.5 Å². The summed E-state index contributed by atoms with van der Waals surface area (Å²) in [4.78, 5) is -1.14. The van der Waals surface area contributed by atoms with Crippen molar-refractivity contribution in [2.24, 2.45) is 0 Å². The van der Waals surface area contributed by atoms with E-state index in [0.29, 0.717) is 0 Å². The molecule has 0 heterocycles. The summed E-state index contributed by atoms with van der Waals surface area (Å²) < 4.78 is 78.0. The minimum absolute atomic E-state index is 0.380. The molecule has 31 heavy (non-hydrogen) atoms. The largest absolute Gasteiger partial charge is 0.275 e. The van der Waals surface area contributed by atoms with Crippen molar-refractivity contribution in [3.63, 3.8) is 0 Å². The Morgan fingerprint density at radius 1 is 0.419 bits per heavy atom. The van der Waals surface area contributed by atoms with Crippen molar-refractivity contribution in [2.45, 2.75) is 39.4 Å². The third-order valence-electron chi connectivity index (χ3n) is 4.81. The lowest BCUT2D eigenvalue weighted by atomic mass is 10.2. The quantitative estimate of drug-likeness (QED) is 0.536. The van der Waals surface area contributed by atoms with Crippen molar-refractivity contribution in [2.75, 3.05) is 0 Å². The maximum Gasteiger partial charge on any atom is 0.275 e. The SMILES string of the molecule is Cc1ccc(S(=O)(=O)C(S(=O)(=O)c2ccc(C)cc2)S(=O)(=O)c2ccc(C)cc2)cc1. The molecule has 0 bridgehead atoms. The van der Waals surface area contributed by atoms with Crippen LogP contribution in [0.2, 0.25) is 0 Å². The van der Waals surface area contributed by atoms with Crippen molar-refractivity contribution in [3.8, 4) is 0 Å². The highest BCUT2D eigenvalue weighted by Crippen LogP contribution is 2.33. The fourth-order valence-electron chi connectivity index (χ4n) is 3.02. The first-order valence-electron chi connectivity index (χ1n) is 9.28. The Kier molecular flexibility index (Phi) is 6.14. The summed E-state index contributed by atoms with van der Waals surface area (Å²) in [6.45, 7) is 5.21. The summed E-state index contributed by atoms with van der Waals surface area (Å²) >= 11 is 0. The molecule has 0 amide bonds. The van der Waals surface area contributed by atoms with Crippen LogP contribution < -0.4 is 0 Å². The predicted molar refractivity (Wildman–Crippen MR) is 119 cm³/mol. The molecule has 0 aromatic heterocycles. The van der Waals surface area contributed by atoms with Gasteiger partial charge in [-0.3, -0.25) is 0 Å². The van der Waals surface area contributed by atoms with Crippen molar-refractivity contribution >= 4 is 29.5 Å². The second kappa shape index (κ2) is 8.22. The standard InChI is InChI=1S/C22H22O6S3/c1-16-4-10-19(11-5-16)29(23,24)22(30(25,26)20-12-6-17(2)7-13-20)31(27,28)21-14-8-18(3)9-15-21/h4-15,22H,1-3H3. The van der Waals surface area contributed by atoms with E-state index in [-0.39, 0.29) is 14.7 Å². The average Bonchev–Trinajstić information content (AvgIpc) is 2.68. The Morgan fingerprint density at radius 2 is 0.613 bits per heavy atom. The summed E-state index contributed by atoms with van der Waals surface area (Å²) in [6.07, 6.45) is 0. The molecule has 0 spiro atoms. The Morgan fingerprint density at radius 3 is 0.806 bits per heavy atom. The number of aryl methyl sites for hydroxylation is 3. The van der Waals surface area contributed by atoms with Gasteiger partial charge in [0.25, 0.3) is 3.91 Å². The van der Waals surface area contributed by atoms with Gasteiger partial charge in [0, 0.05) is 0 Å². The average molecular weight is 479 g/mol. The molecule has 6 nitrogen and oxygen atoms in total. The van der Waals surface area contributed by atoms with Gasteiger partial charge in [0.15, 0.2) is 0 Å². The van der Waals surface area contributed by atoms with Crippen molar-refractivity contribution < 1.29 is 25.3 Å². The van der Waals surface area contributed by atoms with E-state index in [1.54, 1.807) is 20.8 Å². The maximum atomic E-state index is 13.5. The van der Waals surface area contributed by atoms with Crippen LogP contribution in [0.5, 0.6) is 0 Å². The lowest BCUT2D eigenvalue weighted by molar-refractivity contribution is 0.573. The van der Waals surface area contributed by atoms with Crippen LogP contribution >= 0.6 is 0 Å².